The highest BCUT2D eigenvalue weighted by Gasteiger charge is 2.07. The molecule has 3 aromatic rings. The number of thioether (sulfide) groups is 1. The molecule has 118 valence electrons. The third kappa shape index (κ3) is 4.30. The summed E-state index contributed by atoms with van der Waals surface area (Å²) in [6.45, 7) is 0.564. The van der Waals surface area contributed by atoms with Crippen LogP contribution in [0.15, 0.2) is 51.4 Å². The van der Waals surface area contributed by atoms with Gasteiger partial charge in [0.1, 0.15) is 5.76 Å². The van der Waals surface area contributed by atoms with Crippen LogP contribution in [0.3, 0.4) is 0 Å². The fraction of sp³-hybridized carbons (Fsp3) is 0.143. The Morgan fingerprint density at radius 3 is 2.78 bits per heavy atom. The third-order valence-electron chi connectivity index (χ3n) is 2.91. The van der Waals surface area contributed by atoms with Crippen LogP contribution in [0.2, 0.25) is 0 Å². The molecule has 0 spiro atoms. The van der Waals surface area contributed by atoms with Gasteiger partial charge in [-0.15, -0.1) is 10.2 Å². The second-order valence-electron chi connectivity index (χ2n) is 4.52. The van der Waals surface area contributed by atoms with Gasteiger partial charge in [0.15, 0.2) is 4.34 Å². The molecule has 0 aliphatic rings. The van der Waals surface area contributed by atoms with Crippen molar-refractivity contribution in [3.05, 3.63) is 64.1 Å². The van der Waals surface area contributed by atoms with E-state index < -0.39 is 4.92 Å². The van der Waals surface area contributed by atoms with E-state index in [-0.39, 0.29) is 5.69 Å². The van der Waals surface area contributed by atoms with Crippen LogP contribution >= 0.6 is 23.1 Å². The van der Waals surface area contributed by atoms with Crippen molar-refractivity contribution in [1.82, 2.24) is 10.2 Å². The molecule has 2 aromatic heterocycles. The van der Waals surface area contributed by atoms with Crippen molar-refractivity contribution in [1.29, 1.82) is 0 Å². The number of non-ortho nitro benzene ring substituents is 1. The predicted octanol–water partition coefficient (Wildman–Crippen LogP) is 3.94. The molecular weight excluding hydrogens is 336 g/mol. The van der Waals surface area contributed by atoms with E-state index in [1.165, 1.54) is 23.5 Å². The average Bonchev–Trinajstić information content (AvgIpc) is 3.23. The van der Waals surface area contributed by atoms with E-state index in [4.69, 9.17) is 4.42 Å². The number of nitrogens with zero attached hydrogens (tertiary/aromatic N) is 3. The highest BCUT2D eigenvalue weighted by molar-refractivity contribution is 8.00. The van der Waals surface area contributed by atoms with Crippen LogP contribution in [0.25, 0.3) is 0 Å². The minimum atomic E-state index is -0.404. The Balaban J connectivity index is 1.51. The molecule has 1 N–H and O–H groups in total. The number of nitro benzene ring substituents is 1. The molecule has 3 rings (SSSR count). The second-order valence-corrected chi connectivity index (χ2v) is 6.72. The largest absolute Gasteiger partial charge is 0.467 e. The zero-order valence-electron chi connectivity index (χ0n) is 11.8. The first kappa shape index (κ1) is 15.5. The Kier molecular flexibility index (Phi) is 4.89. The van der Waals surface area contributed by atoms with Gasteiger partial charge in [-0.1, -0.05) is 35.2 Å². The maximum Gasteiger partial charge on any atom is 0.269 e. The molecular formula is C14H12N4O3S2. The fourth-order valence-corrected chi connectivity index (χ4v) is 3.48. The SMILES string of the molecule is O=[N+]([O-])c1ccc(CSc2nnc(NCc3ccco3)s2)cc1. The summed E-state index contributed by atoms with van der Waals surface area (Å²) < 4.78 is 6.07. The van der Waals surface area contributed by atoms with Gasteiger partial charge in [0.05, 0.1) is 17.7 Å². The van der Waals surface area contributed by atoms with Crippen LogP contribution in [-0.4, -0.2) is 15.1 Å². The van der Waals surface area contributed by atoms with Crippen molar-refractivity contribution in [2.24, 2.45) is 0 Å². The van der Waals surface area contributed by atoms with Crippen LogP contribution in [0, 0.1) is 10.1 Å². The van der Waals surface area contributed by atoms with Crippen molar-refractivity contribution in [2.75, 3.05) is 5.32 Å². The van der Waals surface area contributed by atoms with Crippen molar-refractivity contribution >= 4 is 33.9 Å². The normalized spacial score (nSPS) is 10.6. The van der Waals surface area contributed by atoms with Crippen LogP contribution in [0.4, 0.5) is 10.8 Å². The summed E-state index contributed by atoms with van der Waals surface area (Å²) in [5, 5.41) is 22.7. The lowest BCUT2D eigenvalue weighted by Gasteiger charge is -1.98. The monoisotopic (exact) mass is 348 g/mol. The minimum Gasteiger partial charge on any atom is -0.467 e. The predicted molar refractivity (Wildman–Crippen MR) is 88.6 cm³/mol. The van der Waals surface area contributed by atoms with E-state index >= 15 is 0 Å². The van der Waals surface area contributed by atoms with E-state index in [0.29, 0.717) is 12.3 Å². The van der Waals surface area contributed by atoms with Gasteiger partial charge in [-0.3, -0.25) is 10.1 Å². The highest BCUT2D eigenvalue weighted by atomic mass is 32.2. The molecule has 23 heavy (non-hydrogen) atoms. The summed E-state index contributed by atoms with van der Waals surface area (Å²) in [6, 6.07) is 10.2. The smallest absolute Gasteiger partial charge is 0.269 e. The van der Waals surface area contributed by atoms with Gasteiger partial charge >= 0.3 is 0 Å². The lowest BCUT2D eigenvalue weighted by molar-refractivity contribution is -0.384. The molecule has 0 radical (unpaired) electrons. The number of nitro groups is 1. The molecule has 0 bridgehead atoms. The highest BCUT2D eigenvalue weighted by Crippen LogP contribution is 2.29. The van der Waals surface area contributed by atoms with Crippen LogP contribution in [-0.2, 0) is 12.3 Å². The Hall–Kier alpha value is -2.39. The summed E-state index contributed by atoms with van der Waals surface area (Å²) in [4.78, 5) is 10.2. The van der Waals surface area contributed by atoms with Gasteiger partial charge in [-0.05, 0) is 17.7 Å². The fourth-order valence-electron chi connectivity index (χ4n) is 1.77. The Bertz CT molecular complexity index is 772. The first-order valence-corrected chi connectivity index (χ1v) is 8.47. The van der Waals surface area contributed by atoms with Crippen molar-refractivity contribution in [3.63, 3.8) is 0 Å². The number of rotatable bonds is 7. The van der Waals surface area contributed by atoms with E-state index in [1.54, 1.807) is 30.2 Å². The van der Waals surface area contributed by atoms with Crippen molar-refractivity contribution < 1.29 is 9.34 Å². The molecule has 0 saturated heterocycles. The van der Waals surface area contributed by atoms with Crippen LogP contribution in [0.5, 0.6) is 0 Å². The van der Waals surface area contributed by atoms with E-state index in [0.717, 1.165) is 20.8 Å². The zero-order valence-corrected chi connectivity index (χ0v) is 13.5. The lowest BCUT2D eigenvalue weighted by atomic mass is 10.2. The summed E-state index contributed by atoms with van der Waals surface area (Å²) in [5.74, 6) is 1.52. The molecule has 0 aliphatic carbocycles. The minimum absolute atomic E-state index is 0.0964. The zero-order chi connectivity index (χ0) is 16.1. The number of aromatic nitrogens is 2. The molecule has 0 fully saturated rings. The van der Waals surface area contributed by atoms with Gasteiger partial charge in [0.2, 0.25) is 5.13 Å². The molecule has 0 amide bonds. The quantitative estimate of drug-likeness (QED) is 0.392. The molecule has 7 nitrogen and oxygen atoms in total. The Morgan fingerprint density at radius 1 is 1.26 bits per heavy atom. The summed E-state index contributed by atoms with van der Waals surface area (Å²) in [5.41, 5.74) is 1.10. The Labute approximate surface area is 139 Å². The number of benzene rings is 1. The van der Waals surface area contributed by atoms with Crippen molar-refractivity contribution in [3.8, 4) is 0 Å². The molecule has 0 atom stereocenters. The first-order valence-electron chi connectivity index (χ1n) is 6.66. The molecule has 0 aliphatic heterocycles. The standard InChI is InChI=1S/C14H12N4O3S2/c19-18(20)11-5-3-10(4-6-11)9-22-14-17-16-13(23-14)15-8-12-2-1-7-21-12/h1-7H,8-9H2,(H,15,16). The molecule has 2 heterocycles. The van der Waals surface area contributed by atoms with Gasteiger partial charge in [0, 0.05) is 17.9 Å². The number of furan rings is 1. The summed E-state index contributed by atoms with van der Waals surface area (Å²) >= 11 is 3.01. The third-order valence-corrected chi connectivity index (χ3v) is 5.00. The summed E-state index contributed by atoms with van der Waals surface area (Å²) in [7, 11) is 0. The van der Waals surface area contributed by atoms with E-state index in [9.17, 15) is 10.1 Å². The summed E-state index contributed by atoms with van der Waals surface area (Å²) in [6.07, 6.45) is 1.63. The molecule has 1 aromatic carbocycles. The van der Waals surface area contributed by atoms with Gasteiger partial charge < -0.3 is 9.73 Å². The van der Waals surface area contributed by atoms with Crippen LogP contribution in [0.1, 0.15) is 11.3 Å². The molecule has 0 unspecified atom stereocenters. The topological polar surface area (TPSA) is 94.1 Å². The maximum atomic E-state index is 10.6. The number of nitrogens with one attached hydrogen (secondary N) is 1. The lowest BCUT2D eigenvalue weighted by Crippen LogP contribution is -1.96. The Morgan fingerprint density at radius 2 is 2.09 bits per heavy atom. The van der Waals surface area contributed by atoms with E-state index in [1.807, 2.05) is 12.1 Å². The first-order chi connectivity index (χ1) is 11.2. The maximum absolute atomic E-state index is 10.6. The second kappa shape index (κ2) is 7.25. The van der Waals surface area contributed by atoms with E-state index in [2.05, 4.69) is 15.5 Å². The average molecular weight is 348 g/mol. The van der Waals surface area contributed by atoms with Gasteiger partial charge in [-0.2, -0.15) is 0 Å². The van der Waals surface area contributed by atoms with Crippen LogP contribution < -0.4 is 5.32 Å². The number of hydrogen-bond acceptors (Lipinski definition) is 8. The number of hydrogen-bond donors (Lipinski definition) is 1. The van der Waals surface area contributed by atoms with Gasteiger partial charge in [-0.25, -0.2) is 0 Å². The van der Waals surface area contributed by atoms with Crippen molar-refractivity contribution in [2.45, 2.75) is 16.6 Å². The number of anilines is 1. The van der Waals surface area contributed by atoms with Gasteiger partial charge in [0.25, 0.3) is 5.69 Å². The molecule has 0 saturated carbocycles. The molecule has 9 heteroatoms.